The lowest BCUT2D eigenvalue weighted by Crippen LogP contribution is -2.38. The smallest absolute Gasteiger partial charge is 0.125 e. The van der Waals surface area contributed by atoms with Gasteiger partial charge in [-0.15, -0.1) is 0 Å². The zero-order chi connectivity index (χ0) is 11.5. The normalized spacial score (nSPS) is 21.1. The van der Waals surface area contributed by atoms with Gasteiger partial charge < -0.3 is 10.6 Å². The fourth-order valence-electron chi connectivity index (χ4n) is 2.00. The zero-order valence-electron chi connectivity index (χ0n) is 9.45. The van der Waals surface area contributed by atoms with E-state index in [9.17, 15) is 4.39 Å². The molecule has 4 heteroatoms. The van der Waals surface area contributed by atoms with Crippen molar-refractivity contribution in [3.63, 3.8) is 0 Å². The molecule has 0 spiro atoms. The number of hydrogen-bond acceptors (Lipinski definition) is 3. The third kappa shape index (κ3) is 2.43. The van der Waals surface area contributed by atoms with Crippen molar-refractivity contribution < 1.29 is 4.39 Å². The van der Waals surface area contributed by atoms with E-state index >= 15 is 0 Å². The standard InChI is InChI=1S/C12H17FN2S/c1-2-10-8-15(5-6-16-10)12-4-3-9(13)7-11(12)14/h3-4,7,10H,2,5-6,8,14H2,1H3. The highest BCUT2D eigenvalue weighted by Crippen LogP contribution is 2.29. The Hall–Kier alpha value is -0.900. The molecule has 1 aromatic carbocycles. The van der Waals surface area contributed by atoms with Crippen molar-refractivity contribution in [2.24, 2.45) is 0 Å². The van der Waals surface area contributed by atoms with Gasteiger partial charge in [-0.25, -0.2) is 4.39 Å². The first-order valence-corrected chi connectivity index (χ1v) is 6.67. The van der Waals surface area contributed by atoms with Gasteiger partial charge in [0, 0.05) is 24.1 Å². The highest BCUT2D eigenvalue weighted by molar-refractivity contribution is 8.00. The molecule has 1 fully saturated rings. The molecule has 0 radical (unpaired) electrons. The molecule has 88 valence electrons. The van der Waals surface area contributed by atoms with Gasteiger partial charge in [0.05, 0.1) is 11.4 Å². The number of hydrogen-bond donors (Lipinski definition) is 1. The lowest BCUT2D eigenvalue weighted by atomic mass is 10.2. The number of halogens is 1. The van der Waals surface area contributed by atoms with Crippen molar-refractivity contribution in [3.05, 3.63) is 24.0 Å². The lowest BCUT2D eigenvalue weighted by molar-refractivity contribution is 0.628. The Morgan fingerprint density at radius 3 is 3.06 bits per heavy atom. The largest absolute Gasteiger partial charge is 0.397 e. The van der Waals surface area contributed by atoms with Crippen LogP contribution in [0, 0.1) is 5.82 Å². The van der Waals surface area contributed by atoms with Gasteiger partial charge in [0.25, 0.3) is 0 Å². The van der Waals surface area contributed by atoms with E-state index in [1.54, 1.807) is 6.07 Å². The van der Waals surface area contributed by atoms with Crippen molar-refractivity contribution in [3.8, 4) is 0 Å². The van der Waals surface area contributed by atoms with Crippen LogP contribution in [0.2, 0.25) is 0 Å². The summed E-state index contributed by atoms with van der Waals surface area (Å²) < 4.78 is 13.0. The number of nitrogen functional groups attached to an aromatic ring is 1. The molecule has 1 atom stereocenters. The summed E-state index contributed by atoms with van der Waals surface area (Å²) in [6, 6.07) is 4.67. The Balaban J connectivity index is 2.16. The average molecular weight is 240 g/mol. The maximum atomic E-state index is 13.0. The van der Waals surface area contributed by atoms with Crippen LogP contribution in [-0.2, 0) is 0 Å². The Bertz CT molecular complexity index is 370. The quantitative estimate of drug-likeness (QED) is 0.806. The molecule has 1 heterocycles. The Kier molecular flexibility index (Phi) is 3.59. The van der Waals surface area contributed by atoms with Crippen molar-refractivity contribution in [1.29, 1.82) is 0 Å². The molecule has 0 saturated carbocycles. The van der Waals surface area contributed by atoms with Gasteiger partial charge in [-0.1, -0.05) is 6.92 Å². The van der Waals surface area contributed by atoms with Crippen molar-refractivity contribution in [1.82, 2.24) is 0 Å². The van der Waals surface area contributed by atoms with Crippen LogP contribution in [0.4, 0.5) is 15.8 Å². The molecule has 0 aromatic heterocycles. The first-order valence-electron chi connectivity index (χ1n) is 5.62. The number of nitrogens with two attached hydrogens (primary N) is 1. The summed E-state index contributed by atoms with van der Waals surface area (Å²) in [4.78, 5) is 2.26. The summed E-state index contributed by atoms with van der Waals surface area (Å²) in [5.74, 6) is 0.856. The minimum atomic E-state index is -0.264. The third-order valence-corrected chi connectivity index (χ3v) is 4.30. The SMILES string of the molecule is CCC1CN(c2ccc(F)cc2N)CCS1. The molecular formula is C12H17FN2S. The molecule has 16 heavy (non-hydrogen) atoms. The second kappa shape index (κ2) is 4.95. The maximum absolute atomic E-state index is 13.0. The van der Waals surface area contributed by atoms with Crippen molar-refractivity contribution in [2.75, 3.05) is 29.5 Å². The minimum absolute atomic E-state index is 0.264. The van der Waals surface area contributed by atoms with E-state index in [-0.39, 0.29) is 5.82 Å². The van der Waals surface area contributed by atoms with Crippen LogP contribution < -0.4 is 10.6 Å². The third-order valence-electron chi connectivity index (χ3n) is 2.92. The van der Waals surface area contributed by atoms with Gasteiger partial charge in [0.2, 0.25) is 0 Å². The zero-order valence-corrected chi connectivity index (χ0v) is 10.3. The minimum Gasteiger partial charge on any atom is -0.397 e. The Morgan fingerprint density at radius 1 is 1.56 bits per heavy atom. The molecule has 1 aliphatic rings. The second-order valence-corrected chi connectivity index (χ2v) is 5.46. The molecule has 1 aromatic rings. The molecule has 0 bridgehead atoms. The fourth-order valence-corrected chi connectivity index (χ4v) is 3.18. The summed E-state index contributed by atoms with van der Waals surface area (Å²) in [7, 11) is 0. The Morgan fingerprint density at radius 2 is 2.38 bits per heavy atom. The number of thioether (sulfide) groups is 1. The average Bonchev–Trinajstić information content (AvgIpc) is 2.29. The highest BCUT2D eigenvalue weighted by atomic mass is 32.2. The van der Waals surface area contributed by atoms with E-state index in [0.29, 0.717) is 10.9 Å². The van der Waals surface area contributed by atoms with Crippen LogP contribution in [-0.4, -0.2) is 24.1 Å². The molecular weight excluding hydrogens is 223 g/mol. The molecule has 2 nitrogen and oxygen atoms in total. The molecule has 2 rings (SSSR count). The molecule has 0 amide bonds. The predicted molar refractivity (Wildman–Crippen MR) is 69.6 cm³/mol. The van der Waals surface area contributed by atoms with Gasteiger partial charge in [0.15, 0.2) is 0 Å². The van der Waals surface area contributed by atoms with E-state index in [4.69, 9.17) is 5.73 Å². The van der Waals surface area contributed by atoms with E-state index in [0.717, 1.165) is 24.5 Å². The highest BCUT2D eigenvalue weighted by Gasteiger charge is 2.20. The molecule has 2 N–H and O–H groups in total. The summed E-state index contributed by atoms with van der Waals surface area (Å²) in [6.07, 6.45) is 1.17. The first kappa shape index (κ1) is 11.6. The van der Waals surface area contributed by atoms with E-state index in [2.05, 4.69) is 11.8 Å². The number of benzene rings is 1. The summed E-state index contributed by atoms with van der Waals surface area (Å²) in [5.41, 5.74) is 7.37. The summed E-state index contributed by atoms with van der Waals surface area (Å²) in [6.45, 7) is 4.21. The van der Waals surface area contributed by atoms with Crippen LogP contribution in [0.25, 0.3) is 0 Å². The number of anilines is 2. The van der Waals surface area contributed by atoms with Crippen LogP contribution in [0.1, 0.15) is 13.3 Å². The van der Waals surface area contributed by atoms with E-state index in [1.807, 2.05) is 11.8 Å². The van der Waals surface area contributed by atoms with Crippen LogP contribution >= 0.6 is 11.8 Å². The number of nitrogens with zero attached hydrogens (tertiary/aromatic N) is 1. The van der Waals surface area contributed by atoms with Gasteiger partial charge >= 0.3 is 0 Å². The van der Waals surface area contributed by atoms with Gasteiger partial charge in [-0.3, -0.25) is 0 Å². The predicted octanol–water partition coefficient (Wildman–Crippen LogP) is 2.74. The number of rotatable bonds is 2. The van der Waals surface area contributed by atoms with Crippen molar-refractivity contribution in [2.45, 2.75) is 18.6 Å². The molecule has 1 saturated heterocycles. The first-order chi connectivity index (χ1) is 7.70. The van der Waals surface area contributed by atoms with Crippen LogP contribution in [0.3, 0.4) is 0 Å². The second-order valence-electron chi connectivity index (χ2n) is 4.05. The topological polar surface area (TPSA) is 29.3 Å². The van der Waals surface area contributed by atoms with Crippen LogP contribution in [0.15, 0.2) is 18.2 Å². The van der Waals surface area contributed by atoms with E-state index < -0.39 is 0 Å². The molecule has 0 aliphatic carbocycles. The maximum Gasteiger partial charge on any atom is 0.125 e. The monoisotopic (exact) mass is 240 g/mol. The van der Waals surface area contributed by atoms with Gasteiger partial charge in [0.1, 0.15) is 5.82 Å². The van der Waals surface area contributed by atoms with Crippen molar-refractivity contribution >= 4 is 23.1 Å². The summed E-state index contributed by atoms with van der Waals surface area (Å²) >= 11 is 2.01. The van der Waals surface area contributed by atoms with Gasteiger partial charge in [-0.2, -0.15) is 11.8 Å². The fraction of sp³-hybridized carbons (Fsp3) is 0.500. The van der Waals surface area contributed by atoms with Gasteiger partial charge in [-0.05, 0) is 24.6 Å². The van der Waals surface area contributed by atoms with E-state index in [1.165, 1.54) is 18.6 Å². The molecule has 1 aliphatic heterocycles. The van der Waals surface area contributed by atoms with Crippen LogP contribution in [0.5, 0.6) is 0 Å². The Labute approximate surface area is 100 Å². The lowest BCUT2D eigenvalue weighted by Gasteiger charge is -2.34. The molecule has 1 unspecified atom stereocenters. The summed E-state index contributed by atoms with van der Waals surface area (Å²) in [5, 5.41) is 0.665.